The molecule has 0 bridgehead atoms. The lowest BCUT2D eigenvalue weighted by atomic mass is 10.2. The number of nitrogens with one attached hydrogen (secondary N) is 1. The Kier molecular flexibility index (Phi) is 3.61. The van der Waals surface area contributed by atoms with Crippen LogP contribution in [0.2, 0.25) is 0 Å². The van der Waals surface area contributed by atoms with Crippen LogP contribution in [0.15, 0.2) is 48.1 Å². The van der Waals surface area contributed by atoms with E-state index in [2.05, 4.69) is 15.6 Å². The van der Waals surface area contributed by atoms with Gasteiger partial charge in [-0.3, -0.25) is 10.1 Å². The predicted octanol–water partition coefficient (Wildman–Crippen LogP) is 2.85. The number of aromatic nitrogens is 3. The van der Waals surface area contributed by atoms with Crippen molar-refractivity contribution in [3.63, 3.8) is 0 Å². The Morgan fingerprint density at radius 1 is 1.38 bits per heavy atom. The highest BCUT2D eigenvalue weighted by Gasteiger charge is 2.10. The van der Waals surface area contributed by atoms with Gasteiger partial charge in [-0.25, -0.2) is 4.68 Å². The van der Waals surface area contributed by atoms with Crippen LogP contribution in [0.4, 0.5) is 10.7 Å². The molecule has 1 aromatic carbocycles. The van der Waals surface area contributed by atoms with Crippen LogP contribution in [-0.4, -0.2) is 19.9 Å². The molecular weight excluding hydrogens is 290 g/mol. The third-order valence-corrected chi connectivity index (χ3v) is 3.81. The van der Waals surface area contributed by atoms with Crippen molar-refractivity contribution < 1.29 is 4.92 Å². The summed E-state index contributed by atoms with van der Waals surface area (Å²) >= 11 is 1.13. The summed E-state index contributed by atoms with van der Waals surface area (Å²) in [5.74, 6) is 0. The SMILES string of the molecule is O=[N+]([O-])c1cc(CNc2ccccc2-n2ccnn2)cs1. The van der Waals surface area contributed by atoms with Gasteiger partial charge in [-0.1, -0.05) is 28.7 Å². The van der Waals surface area contributed by atoms with E-state index in [1.165, 1.54) is 0 Å². The highest BCUT2D eigenvalue weighted by molar-refractivity contribution is 7.13. The maximum atomic E-state index is 10.7. The van der Waals surface area contributed by atoms with Gasteiger partial charge >= 0.3 is 5.00 Å². The lowest BCUT2D eigenvalue weighted by Gasteiger charge is -2.10. The minimum absolute atomic E-state index is 0.149. The molecular formula is C13H11N5O2S. The number of para-hydroxylation sites is 2. The zero-order valence-electron chi connectivity index (χ0n) is 10.8. The quantitative estimate of drug-likeness (QED) is 0.578. The fourth-order valence-electron chi connectivity index (χ4n) is 1.91. The normalized spacial score (nSPS) is 10.5. The molecule has 106 valence electrons. The van der Waals surface area contributed by atoms with Crippen LogP contribution in [0, 0.1) is 10.1 Å². The van der Waals surface area contributed by atoms with Gasteiger partial charge in [-0.15, -0.1) is 5.10 Å². The number of hydrogen-bond acceptors (Lipinski definition) is 6. The Bertz CT molecular complexity index is 754. The van der Waals surface area contributed by atoms with Gasteiger partial charge in [0.25, 0.3) is 0 Å². The van der Waals surface area contributed by atoms with Gasteiger partial charge in [0.15, 0.2) is 0 Å². The van der Waals surface area contributed by atoms with E-state index in [1.807, 2.05) is 24.3 Å². The Balaban J connectivity index is 1.77. The van der Waals surface area contributed by atoms with E-state index in [1.54, 1.807) is 28.5 Å². The summed E-state index contributed by atoms with van der Waals surface area (Å²) in [6.45, 7) is 0.510. The van der Waals surface area contributed by atoms with Crippen molar-refractivity contribution in [3.8, 4) is 5.69 Å². The number of nitrogens with zero attached hydrogens (tertiary/aromatic N) is 4. The molecule has 0 saturated carbocycles. The van der Waals surface area contributed by atoms with Crippen molar-refractivity contribution in [3.05, 3.63) is 63.8 Å². The second-order valence-corrected chi connectivity index (χ2v) is 5.16. The second kappa shape index (κ2) is 5.71. The topological polar surface area (TPSA) is 85.9 Å². The molecule has 0 aliphatic rings. The van der Waals surface area contributed by atoms with Crippen molar-refractivity contribution in [2.75, 3.05) is 5.32 Å². The number of thiophene rings is 1. The van der Waals surface area contributed by atoms with Gasteiger partial charge in [-0.05, 0) is 17.7 Å². The van der Waals surface area contributed by atoms with Gasteiger partial charge in [0.1, 0.15) is 0 Å². The number of anilines is 1. The molecule has 2 heterocycles. The minimum Gasteiger partial charge on any atom is -0.379 e. The van der Waals surface area contributed by atoms with Gasteiger partial charge in [0.2, 0.25) is 0 Å². The number of nitro groups is 1. The summed E-state index contributed by atoms with van der Waals surface area (Å²) < 4.78 is 1.67. The monoisotopic (exact) mass is 301 g/mol. The largest absolute Gasteiger partial charge is 0.379 e. The molecule has 2 aromatic heterocycles. The van der Waals surface area contributed by atoms with Crippen molar-refractivity contribution >= 4 is 22.0 Å². The molecule has 0 spiro atoms. The molecule has 21 heavy (non-hydrogen) atoms. The minimum atomic E-state index is -0.377. The summed E-state index contributed by atoms with van der Waals surface area (Å²) in [6, 6.07) is 9.26. The predicted molar refractivity (Wildman–Crippen MR) is 79.7 cm³/mol. The number of hydrogen-bond donors (Lipinski definition) is 1. The van der Waals surface area contributed by atoms with Crippen molar-refractivity contribution in [2.45, 2.75) is 6.54 Å². The highest BCUT2D eigenvalue weighted by Crippen LogP contribution is 2.24. The third kappa shape index (κ3) is 2.90. The molecule has 3 rings (SSSR count). The van der Waals surface area contributed by atoms with E-state index in [0.717, 1.165) is 28.3 Å². The zero-order chi connectivity index (χ0) is 14.7. The van der Waals surface area contributed by atoms with Crippen LogP contribution < -0.4 is 5.32 Å². The zero-order valence-corrected chi connectivity index (χ0v) is 11.7. The van der Waals surface area contributed by atoms with E-state index < -0.39 is 0 Å². The summed E-state index contributed by atoms with van der Waals surface area (Å²) in [4.78, 5) is 10.3. The first-order valence-corrected chi connectivity index (χ1v) is 7.03. The molecule has 7 nitrogen and oxygen atoms in total. The summed E-state index contributed by atoms with van der Waals surface area (Å²) in [5, 5.41) is 23.6. The molecule has 0 saturated heterocycles. The molecule has 0 aliphatic carbocycles. The molecule has 8 heteroatoms. The van der Waals surface area contributed by atoms with E-state index in [4.69, 9.17) is 0 Å². The van der Waals surface area contributed by atoms with E-state index in [-0.39, 0.29) is 9.92 Å². The average molecular weight is 301 g/mol. The first kappa shape index (κ1) is 13.3. The molecule has 0 fully saturated rings. The molecule has 0 unspecified atom stereocenters. The highest BCUT2D eigenvalue weighted by atomic mass is 32.1. The van der Waals surface area contributed by atoms with Gasteiger partial charge < -0.3 is 5.32 Å². The van der Waals surface area contributed by atoms with E-state index in [0.29, 0.717) is 6.54 Å². The third-order valence-electron chi connectivity index (χ3n) is 2.88. The van der Waals surface area contributed by atoms with Crippen LogP contribution in [0.1, 0.15) is 5.56 Å². The lowest BCUT2D eigenvalue weighted by Crippen LogP contribution is -2.04. The Labute approximate surface area is 124 Å². The summed E-state index contributed by atoms with van der Waals surface area (Å²) in [6.07, 6.45) is 3.37. The maximum Gasteiger partial charge on any atom is 0.324 e. The van der Waals surface area contributed by atoms with Crippen LogP contribution in [0.5, 0.6) is 0 Å². The molecule has 3 aromatic rings. The standard InChI is InChI=1S/C13H11N5O2S/c19-18(20)13-7-10(9-21-13)8-14-11-3-1-2-4-12(11)17-6-5-15-16-17/h1-7,9,14H,8H2. The number of rotatable bonds is 5. The lowest BCUT2D eigenvalue weighted by molar-refractivity contribution is -0.380. The summed E-state index contributed by atoms with van der Waals surface area (Å²) in [7, 11) is 0. The molecule has 0 amide bonds. The smallest absolute Gasteiger partial charge is 0.324 e. The Morgan fingerprint density at radius 3 is 2.95 bits per heavy atom. The fourth-order valence-corrected chi connectivity index (χ4v) is 2.64. The van der Waals surface area contributed by atoms with Gasteiger partial charge in [0.05, 0.1) is 28.7 Å². The van der Waals surface area contributed by atoms with E-state index >= 15 is 0 Å². The van der Waals surface area contributed by atoms with Crippen molar-refractivity contribution in [2.24, 2.45) is 0 Å². The Hall–Kier alpha value is -2.74. The van der Waals surface area contributed by atoms with Crippen LogP contribution in [0.3, 0.4) is 0 Å². The van der Waals surface area contributed by atoms with Gasteiger partial charge in [-0.2, -0.15) is 0 Å². The maximum absolute atomic E-state index is 10.7. The average Bonchev–Trinajstić information content (AvgIpc) is 3.17. The molecule has 1 N–H and O–H groups in total. The van der Waals surface area contributed by atoms with Crippen molar-refractivity contribution in [1.29, 1.82) is 0 Å². The fraction of sp³-hybridized carbons (Fsp3) is 0.0769. The van der Waals surface area contributed by atoms with Crippen LogP contribution in [-0.2, 0) is 6.54 Å². The van der Waals surface area contributed by atoms with E-state index in [9.17, 15) is 10.1 Å². The van der Waals surface area contributed by atoms with Gasteiger partial charge in [0, 0.05) is 18.0 Å². The van der Waals surface area contributed by atoms with Crippen LogP contribution in [0.25, 0.3) is 5.69 Å². The van der Waals surface area contributed by atoms with Crippen molar-refractivity contribution in [1.82, 2.24) is 15.0 Å². The number of benzene rings is 1. The Morgan fingerprint density at radius 2 is 2.24 bits per heavy atom. The molecule has 0 radical (unpaired) electrons. The molecule has 0 aliphatic heterocycles. The second-order valence-electron chi connectivity index (χ2n) is 4.27. The summed E-state index contributed by atoms with van der Waals surface area (Å²) in [5.41, 5.74) is 2.64. The first-order chi connectivity index (χ1) is 10.2. The van der Waals surface area contributed by atoms with Crippen LogP contribution >= 0.6 is 11.3 Å². The first-order valence-electron chi connectivity index (χ1n) is 6.15. The molecule has 0 atom stereocenters.